The monoisotopic (exact) mass is 197 g/mol. The number of hydrogen-bond acceptors (Lipinski definition) is 3. The molecule has 0 amide bonds. The molecule has 0 aliphatic heterocycles. The van der Waals surface area contributed by atoms with Gasteiger partial charge in [0.05, 0.1) is 17.1 Å². The van der Waals surface area contributed by atoms with Crippen LogP contribution in [0.15, 0.2) is 6.07 Å². The first-order valence-corrected chi connectivity index (χ1v) is 4.77. The van der Waals surface area contributed by atoms with Crippen molar-refractivity contribution in [1.29, 1.82) is 0 Å². The summed E-state index contributed by atoms with van der Waals surface area (Å²) >= 11 is 5.80. The van der Waals surface area contributed by atoms with Crippen molar-refractivity contribution in [1.82, 2.24) is 4.98 Å². The molecule has 0 bridgehead atoms. The fourth-order valence-corrected chi connectivity index (χ4v) is 1.76. The van der Waals surface area contributed by atoms with Crippen LogP contribution in [0.2, 0.25) is 5.15 Å². The number of pyridine rings is 1. The van der Waals surface area contributed by atoms with Crippen LogP contribution in [0.3, 0.4) is 0 Å². The second kappa shape index (κ2) is 3.07. The summed E-state index contributed by atoms with van der Waals surface area (Å²) in [6.07, 6.45) is 3.55. The van der Waals surface area contributed by atoms with E-state index in [2.05, 4.69) is 4.98 Å². The van der Waals surface area contributed by atoms with Crippen LogP contribution in [-0.2, 0) is 0 Å². The summed E-state index contributed by atoms with van der Waals surface area (Å²) in [5.41, 5.74) is 13.5. The second-order valence-electron chi connectivity index (χ2n) is 3.46. The van der Waals surface area contributed by atoms with Gasteiger partial charge in [0.25, 0.3) is 0 Å². The molecule has 0 radical (unpaired) electrons. The molecule has 1 aliphatic carbocycles. The highest BCUT2D eigenvalue weighted by atomic mass is 35.5. The Morgan fingerprint density at radius 2 is 2.08 bits per heavy atom. The van der Waals surface area contributed by atoms with Crippen molar-refractivity contribution in [2.24, 2.45) is 0 Å². The van der Waals surface area contributed by atoms with Crippen molar-refractivity contribution in [3.8, 4) is 0 Å². The number of nitrogen functional groups attached to an aromatic ring is 2. The molecular formula is C9H12ClN3. The molecule has 1 fully saturated rings. The van der Waals surface area contributed by atoms with Gasteiger partial charge in [-0.1, -0.05) is 18.0 Å². The average molecular weight is 198 g/mol. The normalized spacial score (nSPS) is 17.0. The van der Waals surface area contributed by atoms with E-state index in [0.29, 0.717) is 22.4 Å². The van der Waals surface area contributed by atoms with E-state index in [0.717, 1.165) is 18.5 Å². The summed E-state index contributed by atoms with van der Waals surface area (Å²) in [6, 6.07) is 1.60. The predicted molar refractivity (Wildman–Crippen MR) is 54.7 cm³/mol. The topological polar surface area (TPSA) is 64.9 Å². The van der Waals surface area contributed by atoms with Crippen LogP contribution < -0.4 is 11.5 Å². The number of rotatable bonds is 1. The number of aromatic nitrogens is 1. The molecule has 70 valence electrons. The minimum absolute atomic E-state index is 0.439. The van der Waals surface area contributed by atoms with Crippen LogP contribution in [0.4, 0.5) is 11.4 Å². The van der Waals surface area contributed by atoms with E-state index >= 15 is 0 Å². The maximum Gasteiger partial charge on any atom is 0.131 e. The lowest BCUT2D eigenvalue weighted by Crippen LogP contribution is -2.14. The molecule has 1 saturated carbocycles. The van der Waals surface area contributed by atoms with E-state index in [-0.39, 0.29) is 0 Å². The van der Waals surface area contributed by atoms with Gasteiger partial charge in [-0.3, -0.25) is 0 Å². The van der Waals surface area contributed by atoms with E-state index < -0.39 is 0 Å². The van der Waals surface area contributed by atoms with Crippen molar-refractivity contribution in [3.05, 3.63) is 16.9 Å². The SMILES string of the molecule is Nc1cc(Cl)nc(C2CCC2)c1N. The Hall–Kier alpha value is -0.960. The third kappa shape index (κ3) is 1.44. The van der Waals surface area contributed by atoms with E-state index in [1.807, 2.05) is 0 Å². The molecule has 4 heteroatoms. The molecule has 1 heterocycles. The molecule has 1 aliphatic rings. The standard InChI is InChI=1S/C9H12ClN3/c10-7-4-6(11)8(12)9(13-7)5-2-1-3-5/h4-5H,1-3,12H2,(H2,11,13). The third-order valence-electron chi connectivity index (χ3n) is 2.58. The van der Waals surface area contributed by atoms with Gasteiger partial charge >= 0.3 is 0 Å². The zero-order valence-corrected chi connectivity index (χ0v) is 8.01. The van der Waals surface area contributed by atoms with Crippen LogP contribution in [0.25, 0.3) is 0 Å². The highest BCUT2D eigenvalue weighted by molar-refractivity contribution is 6.29. The van der Waals surface area contributed by atoms with Crippen LogP contribution in [-0.4, -0.2) is 4.98 Å². The smallest absolute Gasteiger partial charge is 0.131 e. The zero-order chi connectivity index (χ0) is 9.42. The van der Waals surface area contributed by atoms with E-state index in [1.165, 1.54) is 6.42 Å². The number of nitrogens with zero attached hydrogens (tertiary/aromatic N) is 1. The number of hydrogen-bond donors (Lipinski definition) is 2. The first-order chi connectivity index (χ1) is 6.18. The Kier molecular flexibility index (Phi) is 2.04. The minimum Gasteiger partial charge on any atom is -0.397 e. The Balaban J connectivity index is 2.42. The number of anilines is 2. The van der Waals surface area contributed by atoms with Gasteiger partial charge in [0, 0.05) is 12.0 Å². The highest BCUT2D eigenvalue weighted by Crippen LogP contribution is 2.40. The summed E-state index contributed by atoms with van der Waals surface area (Å²) < 4.78 is 0. The molecule has 13 heavy (non-hydrogen) atoms. The third-order valence-corrected chi connectivity index (χ3v) is 2.77. The van der Waals surface area contributed by atoms with Crippen LogP contribution >= 0.6 is 11.6 Å². The lowest BCUT2D eigenvalue weighted by molar-refractivity contribution is 0.412. The van der Waals surface area contributed by atoms with Gasteiger partial charge in [0.15, 0.2) is 0 Å². The molecular weight excluding hydrogens is 186 g/mol. The van der Waals surface area contributed by atoms with E-state index in [9.17, 15) is 0 Å². The van der Waals surface area contributed by atoms with Crippen molar-refractivity contribution in [2.45, 2.75) is 25.2 Å². The molecule has 0 saturated heterocycles. The summed E-state index contributed by atoms with van der Waals surface area (Å²) in [5, 5.41) is 0.439. The fraction of sp³-hybridized carbons (Fsp3) is 0.444. The summed E-state index contributed by atoms with van der Waals surface area (Å²) in [5.74, 6) is 0.473. The van der Waals surface area contributed by atoms with E-state index in [4.69, 9.17) is 23.1 Å². The lowest BCUT2D eigenvalue weighted by Gasteiger charge is -2.26. The Morgan fingerprint density at radius 1 is 1.38 bits per heavy atom. The average Bonchev–Trinajstić information content (AvgIpc) is 1.95. The molecule has 1 aromatic rings. The molecule has 4 N–H and O–H groups in total. The minimum atomic E-state index is 0.439. The quantitative estimate of drug-likeness (QED) is 0.679. The van der Waals surface area contributed by atoms with Gasteiger partial charge in [-0.15, -0.1) is 0 Å². The maximum absolute atomic E-state index is 5.82. The largest absolute Gasteiger partial charge is 0.397 e. The van der Waals surface area contributed by atoms with Crippen molar-refractivity contribution in [3.63, 3.8) is 0 Å². The number of halogens is 1. The van der Waals surface area contributed by atoms with Gasteiger partial charge in [-0.2, -0.15) is 0 Å². The van der Waals surface area contributed by atoms with Crippen LogP contribution in [0.5, 0.6) is 0 Å². The van der Waals surface area contributed by atoms with Gasteiger partial charge in [-0.25, -0.2) is 4.98 Å². The zero-order valence-electron chi connectivity index (χ0n) is 7.26. The molecule has 0 spiro atoms. The van der Waals surface area contributed by atoms with Crippen molar-refractivity contribution < 1.29 is 0 Å². The molecule has 0 aromatic carbocycles. The van der Waals surface area contributed by atoms with Gasteiger partial charge in [-0.05, 0) is 12.8 Å². The fourth-order valence-electron chi connectivity index (χ4n) is 1.55. The first kappa shape index (κ1) is 8.63. The molecule has 1 aromatic heterocycles. The second-order valence-corrected chi connectivity index (χ2v) is 3.85. The van der Waals surface area contributed by atoms with E-state index in [1.54, 1.807) is 6.07 Å². The summed E-state index contributed by atoms with van der Waals surface area (Å²) in [6.45, 7) is 0. The van der Waals surface area contributed by atoms with Gasteiger partial charge in [0.1, 0.15) is 5.15 Å². The first-order valence-electron chi connectivity index (χ1n) is 4.40. The van der Waals surface area contributed by atoms with Crippen LogP contribution in [0, 0.1) is 0 Å². The summed E-state index contributed by atoms with van der Waals surface area (Å²) in [7, 11) is 0. The molecule has 0 unspecified atom stereocenters. The Labute approximate surface area is 82.1 Å². The van der Waals surface area contributed by atoms with Crippen molar-refractivity contribution in [2.75, 3.05) is 11.5 Å². The Morgan fingerprint density at radius 3 is 2.62 bits per heavy atom. The predicted octanol–water partition coefficient (Wildman–Crippen LogP) is 2.17. The van der Waals surface area contributed by atoms with Gasteiger partial charge < -0.3 is 11.5 Å². The van der Waals surface area contributed by atoms with Crippen molar-refractivity contribution >= 4 is 23.0 Å². The lowest BCUT2D eigenvalue weighted by atomic mass is 9.82. The highest BCUT2D eigenvalue weighted by Gasteiger charge is 2.24. The van der Waals surface area contributed by atoms with Crippen LogP contribution in [0.1, 0.15) is 30.9 Å². The molecule has 3 nitrogen and oxygen atoms in total. The Bertz CT molecular complexity index is 334. The molecule has 0 atom stereocenters. The molecule has 2 rings (SSSR count). The maximum atomic E-state index is 5.82. The van der Waals surface area contributed by atoms with Gasteiger partial charge in [0.2, 0.25) is 0 Å². The number of nitrogens with two attached hydrogens (primary N) is 2. The summed E-state index contributed by atoms with van der Waals surface area (Å²) in [4.78, 5) is 4.22.